The highest BCUT2D eigenvalue weighted by atomic mass is 35.5. The van der Waals surface area contributed by atoms with Crippen LogP contribution in [0.5, 0.6) is 0 Å². The van der Waals surface area contributed by atoms with Crippen molar-refractivity contribution in [2.24, 2.45) is 5.92 Å². The Morgan fingerprint density at radius 2 is 1.86 bits per heavy atom. The molecule has 4 rings (SSSR count). The first-order chi connectivity index (χ1) is 13.7. The molecule has 156 valence electrons. The second-order valence-electron chi connectivity index (χ2n) is 7.23. The van der Waals surface area contributed by atoms with Crippen molar-refractivity contribution in [3.63, 3.8) is 0 Å². The van der Waals surface area contributed by atoms with Crippen LogP contribution in [-0.2, 0) is 23.9 Å². The maximum absolute atomic E-state index is 13.3. The normalized spacial score (nSPS) is 25.9. The number of rotatable bonds is 6. The van der Waals surface area contributed by atoms with Gasteiger partial charge >= 0.3 is 5.97 Å². The molecule has 2 aliphatic heterocycles. The minimum atomic E-state index is -1.75. The van der Waals surface area contributed by atoms with Crippen molar-refractivity contribution in [1.29, 1.82) is 0 Å². The average Bonchev–Trinajstić information content (AvgIpc) is 2.67. The van der Waals surface area contributed by atoms with E-state index in [0.717, 1.165) is 6.42 Å². The number of halogens is 2. The van der Waals surface area contributed by atoms with Crippen LogP contribution in [0.1, 0.15) is 26.2 Å². The van der Waals surface area contributed by atoms with Gasteiger partial charge in [0.1, 0.15) is 0 Å². The maximum Gasteiger partial charge on any atom is 0.307 e. The Hall–Kier alpha value is -2.09. The molecule has 9 heteroatoms. The number of ether oxygens (including phenoxy) is 2. The Morgan fingerprint density at radius 3 is 2.38 bits per heavy atom. The van der Waals surface area contributed by atoms with E-state index in [2.05, 4.69) is 15.4 Å². The number of nitrogens with one attached hydrogen (secondary N) is 2. The molecular weight excluding hydrogens is 419 g/mol. The Bertz CT molecular complexity index is 839. The van der Waals surface area contributed by atoms with E-state index in [1.807, 2.05) is 12.2 Å². The van der Waals surface area contributed by atoms with E-state index >= 15 is 0 Å². The Balaban J connectivity index is 1.86. The zero-order chi connectivity index (χ0) is 21.2. The van der Waals surface area contributed by atoms with Crippen LogP contribution in [0.4, 0.5) is 5.69 Å². The quantitative estimate of drug-likeness (QED) is 0.402. The summed E-state index contributed by atoms with van der Waals surface area (Å²) in [4.78, 5) is 38.0. The predicted octanol–water partition coefficient (Wildman–Crippen LogP) is 3.10. The topological polar surface area (TPSA) is 93.7 Å². The van der Waals surface area contributed by atoms with Gasteiger partial charge in [0.25, 0.3) is 11.8 Å². The minimum Gasteiger partial charge on any atom is -0.469 e. The number of benzene rings is 1. The Morgan fingerprint density at radius 1 is 1.17 bits per heavy atom. The van der Waals surface area contributed by atoms with E-state index in [-0.39, 0.29) is 12.5 Å². The van der Waals surface area contributed by atoms with E-state index in [4.69, 9.17) is 27.9 Å². The summed E-state index contributed by atoms with van der Waals surface area (Å²) >= 11 is 12.0. The summed E-state index contributed by atoms with van der Waals surface area (Å²) in [5.74, 6) is -2.11. The van der Waals surface area contributed by atoms with Crippen LogP contribution in [0, 0.1) is 5.92 Å². The van der Waals surface area contributed by atoms with Crippen molar-refractivity contribution in [1.82, 2.24) is 5.32 Å². The lowest BCUT2D eigenvalue weighted by Crippen LogP contribution is -2.66. The number of esters is 1. The third kappa shape index (κ3) is 4.57. The van der Waals surface area contributed by atoms with Gasteiger partial charge in [0.15, 0.2) is 0 Å². The van der Waals surface area contributed by atoms with Gasteiger partial charge in [0, 0.05) is 27.7 Å². The monoisotopic (exact) mass is 440 g/mol. The summed E-state index contributed by atoms with van der Waals surface area (Å²) in [5.41, 5.74) is -1.40. The molecule has 2 N–H and O–H groups in total. The first-order valence-electron chi connectivity index (χ1n) is 9.26. The molecule has 0 saturated carbocycles. The van der Waals surface area contributed by atoms with Gasteiger partial charge in [-0.3, -0.25) is 14.4 Å². The van der Waals surface area contributed by atoms with Gasteiger partial charge in [0.2, 0.25) is 5.60 Å². The molecule has 2 amide bonds. The number of hydrogen-bond donors (Lipinski definition) is 2. The smallest absolute Gasteiger partial charge is 0.307 e. The number of carbonyl (C=O) groups excluding carboxylic acids is 3. The molecule has 0 aromatic heterocycles. The fourth-order valence-electron chi connectivity index (χ4n) is 3.67. The Labute approximate surface area is 178 Å². The molecule has 1 aliphatic carbocycles. The predicted molar refractivity (Wildman–Crippen MR) is 109 cm³/mol. The first-order valence-corrected chi connectivity index (χ1v) is 10.0. The van der Waals surface area contributed by atoms with Crippen LogP contribution >= 0.6 is 23.2 Å². The standard InChI is InChI=1S/C20H22Cl2N2O5/c1-11(7-17(25)28-2)23-18(26)20(12-3-5-16(29-20)6-4-12)19(27)24-15-9-13(21)8-14(22)10-15/h3,5,8-12,16H,4,6-7H2,1-2H3,(H,23,26)(H,24,27)/t11-,12?,16?,20?/m0/s1. The summed E-state index contributed by atoms with van der Waals surface area (Å²) < 4.78 is 10.6. The summed E-state index contributed by atoms with van der Waals surface area (Å²) in [6.45, 7) is 1.66. The average molecular weight is 441 g/mol. The number of anilines is 1. The minimum absolute atomic E-state index is 0.0201. The summed E-state index contributed by atoms with van der Waals surface area (Å²) in [6.07, 6.45) is 4.70. The maximum atomic E-state index is 13.3. The van der Waals surface area contributed by atoms with Crippen molar-refractivity contribution < 1.29 is 23.9 Å². The molecule has 3 unspecified atom stereocenters. The first kappa shape index (κ1) is 21.6. The van der Waals surface area contributed by atoms with Crippen molar-refractivity contribution in [2.45, 2.75) is 43.9 Å². The molecule has 1 aromatic rings. The second-order valence-corrected chi connectivity index (χ2v) is 8.10. The van der Waals surface area contributed by atoms with Crippen LogP contribution in [0.2, 0.25) is 10.0 Å². The van der Waals surface area contributed by atoms with Crippen LogP contribution in [0.3, 0.4) is 0 Å². The fraction of sp³-hybridized carbons (Fsp3) is 0.450. The molecule has 1 fully saturated rings. The van der Waals surface area contributed by atoms with Crippen LogP contribution < -0.4 is 10.6 Å². The lowest BCUT2D eigenvalue weighted by atomic mass is 9.75. The van der Waals surface area contributed by atoms with Gasteiger partial charge < -0.3 is 20.1 Å². The molecular formula is C20H22Cl2N2O5. The summed E-state index contributed by atoms with van der Waals surface area (Å²) in [5, 5.41) is 6.13. The van der Waals surface area contributed by atoms with E-state index in [1.54, 1.807) is 6.92 Å². The number of hydrogen-bond acceptors (Lipinski definition) is 5. The van der Waals surface area contributed by atoms with Gasteiger partial charge in [-0.15, -0.1) is 0 Å². The van der Waals surface area contributed by atoms with E-state index in [0.29, 0.717) is 22.2 Å². The highest BCUT2D eigenvalue weighted by Crippen LogP contribution is 2.41. The van der Waals surface area contributed by atoms with E-state index < -0.39 is 35.3 Å². The van der Waals surface area contributed by atoms with Crippen molar-refractivity contribution in [2.75, 3.05) is 12.4 Å². The number of fused-ring (bicyclic) bond motifs is 2. The van der Waals surface area contributed by atoms with Crippen molar-refractivity contribution >= 4 is 46.7 Å². The number of amides is 2. The largest absolute Gasteiger partial charge is 0.469 e. The summed E-state index contributed by atoms with van der Waals surface area (Å²) in [6, 6.07) is 4.08. The second kappa shape index (κ2) is 8.73. The van der Waals surface area contributed by atoms with Gasteiger partial charge in [-0.25, -0.2) is 0 Å². The molecule has 0 spiro atoms. The fourth-order valence-corrected chi connectivity index (χ4v) is 4.20. The lowest BCUT2D eigenvalue weighted by Gasteiger charge is -2.46. The van der Waals surface area contributed by atoms with E-state index in [9.17, 15) is 14.4 Å². The molecule has 2 bridgehead atoms. The van der Waals surface area contributed by atoms with Gasteiger partial charge in [-0.05, 0) is 38.0 Å². The molecule has 7 nitrogen and oxygen atoms in total. The van der Waals surface area contributed by atoms with Gasteiger partial charge in [-0.2, -0.15) is 0 Å². The molecule has 3 aliphatic rings. The SMILES string of the molecule is COC(=O)C[C@H](C)NC(=O)C1(C(=O)Nc2cc(Cl)cc(Cl)c2)OC2C=CC1CC2. The molecule has 4 atom stereocenters. The van der Waals surface area contributed by atoms with Crippen LogP contribution in [-0.4, -0.2) is 42.6 Å². The van der Waals surface area contributed by atoms with Crippen molar-refractivity contribution in [3.05, 3.63) is 40.4 Å². The highest BCUT2D eigenvalue weighted by Gasteiger charge is 2.57. The Kier molecular flexibility index (Phi) is 6.51. The van der Waals surface area contributed by atoms with Crippen molar-refractivity contribution in [3.8, 4) is 0 Å². The van der Waals surface area contributed by atoms with Gasteiger partial charge in [0.05, 0.1) is 19.6 Å². The van der Waals surface area contributed by atoms with Crippen LogP contribution in [0.25, 0.3) is 0 Å². The highest BCUT2D eigenvalue weighted by molar-refractivity contribution is 6.35. The molecule has 2 heterocycles. The number of carbonyl (C=O) groups is 3. The van der Waals surface area contributed by atoms with Crippen LogP contribution in [0.15, 0.2) is 30.4 Å². The zero-order valence-corrected chi connectivity index (χ0v) is 17.5. The zero-order valence-electron chi connectivity index (χ0n) is 16.0. The molecule has 1 aromatic carbocycles. The third-order valence-electron chi connectivity index (χ3n) is 5.05. The third-order valence-corrected chi connectivity index (χ3v) is 5.49. The summed E-state index contributed by atoms with van der Waals surface area (Å²) in [7, 11) is 1.27. The van der Waals surface area contributed by atoms with E-state index in [1.165, 1.54) is 25.3 Å². The van der Waals surface area contributed by atoms with Gasteiger partial charge in [-0.1, -0.05) is 35.4 Å². The molecule has 1 saturated heterocycles. The number of methoxy groups -OCH3 is 1. The molecule has 29 heavy (non-hydrogen) atoms. The molecule has 0 radical (unpaired) electrons. The lowest BCUT2D eigenvalue weighted by molar-refractivity contribution is -0.180.